The molecule has 1 unspecified atom stereocenters. The summed E-state index contributed by atoms with van der Waals surface area (Å²) in [5.41, 5.74) is -0.503. The lowest BCUT2D eigenvalue weighted by Crippen LogP contribution is -2.27. The van der Waals surface area contributed by atoms with Gasteiger partial charge in [0.1, 0.15) is 5.82 Å². The molecule has 1 N–H and O–H groups in total. The Bertz CT molecular complexity index is 368. The van der Waals surface area contributed by atoms with Crippen LogP contribution in [0.25, 0.3) is 0 Å². The van der Waals surface area contributed by atoms with Crippen molar-refractivity contribution < 1.29 is 22.7 Å². The monoisotopic (exact) mass is 264 g/mol. The molecule has 0 saturated carbocycles. The van der Waals surface area contributed by atoms with E-state index in [0.29, 0.717) is 5.56 Å². The second-order valence-corrected chi connectivity index (χ2v) is 4.77. The predicted octanol–water partition coefficient (Wildman–Crippen LogP) is 3.85. The summed E-state index contributed by atoms with van der Waals surface area (Å²) in [6, 6.07) is 5.57. The zero-order chi connectivity index (χ0) is 13.8. The van der Waals surface area contributed by atoms with Crippen LogP contribution in [-0.2, 0) is 6.42 Å². The highest BCUT2D eigenvalue weighted by molar-refractivity contribution is 5.17. The first-order valence-electron chi connectivity index (χ1n) is 5.72. The molecule has 102 valence electrons. The molecular weight excluding hydrogens is 248 g/mol. The summed E-state index contributed by atoms with van der Waals surface area (Å²) in [7, 11) is 0. The lowest BCUT2D eigenvalue weighted by atomic mass is 9.91. The highest BCUT2D eigenvalue weighted by Gasteiger charge is 2.29. The number of rotatable bonds is 5. The van der Waals surface area contributed by atoms with Crippen LogP contribution >= 0.6 is 0 Å². The number of hydrogen-bond acceptors (Lipinski definition) is 1. The predicted molar refractivity (Wildman–Crippen MR) is 60.6 cm³/mol. The molecular formula is C13H16F4O. The molecule has 1 atom stereocenters. The topological polar surface area (TPSA) is 20.2 Å². The Kier molecular flexibility index (Phi) is 4.73. The summed E-state index contributed by atoms with van der Waals surface area (Å²) in [5.74, 6) is -0.379. The number of aliphatic hydroxyl groups is 1. The summed E-state index contributed by atoms with van der Waals surface area (Å²) in [6.45, 7) is 1.49. The van der Waals surface area contributed by atoms with Crippen LogP contribution in [0.15, 0.2) is 24.3 Å². The lowest BCUT2D eigenvalue weighted by Gasteiger charge is -2.23. The van der Waals surface area contributed by atoms with E-state index in [-0.39, 0.29) is 25.1 Å². The van der Waals surface area contributed by atoms with Crippen LogP contribution in [0.3, 0.4) is 0 Å². The third-order valence-corrected chi connectivity index (χ3v) is 2.67. The van der Waals surface area contributed by atoms with E-state index < -0.39 is 18.2 Å². The van der Waals surface area contributed by atoms with Crippen molar-refractivity contribution in [3.05, 3.63) is 35.6 Å². The van der Waals surface area contributed by atoms with Gasteiger partial charge in [-0.3, -0.25) is 0 Å². The van der Waals surface area contributed by atoms with Crippen molar-refractivity contribution in [2.24, 2.45) is 0 Å². The fourth-order valence-electron chi connectivity index (χ4n) is 1.80. The van der Waals surface area contributed by atoms with E-state index in [0.717, 1.165) is 0 Å². The largest absolute Gasteiger partial charge is 0.390 e. The number of halogens is 4. The minimum Gasteiger partial charge on any atom is -0.390 e. The van der Waals surface area contributed by atoms with Crippen LogP contribution in [-0.4, -0.2) is 16.9 Å². The zero-order valence-electron chi connectivity index (χ0n) is 10.1. The first kappa shape index (κ1) is 15.0. The molecule has 5 heteroatoms. The van der Waals surface area contributed by atoms with Gasteiger partial charge in [0.05, 0.1) is 5.60 Å². The van der Waals surface area contributed by atoms with Gasteiger partial charge in [0.25, 0.3) is 0 Å². The van der Waals surface area contributed by atoms with Gasteiger partial charge in [-0.15, -0.1) is 0 Å². The molecule has 0 aliphatic rings. The first-order chi connectivity index (χ1) is 8.18. The molecule has 0 aliphatic heterocycles. The quantitative estimate of drug-likeness (QED) is 0.801. The smallest absolute Gasteiger partial charge is 0.389 e. The maximum atomic E-state index is 12.7. The molecule has 0 aromatic heterocycles. The summed E-state index contributed by atoms with van der Waals surface area (Å²) in [6.07, 6.45) is -4.93. The minimum atomic E-state index is -4.19. The van der Waals surface area contributed by atoms with Gasteiger partial charge in [-0.1, -0.05) is 12.1 Å². The molecule has 1 aromatic rings. The van der Waals surface area contributed by atoms with Gasteiger partial charge in [0.2, 0.25) is 0 Å². The molecule has 0 fully saturated rings. The molecule has 0 radical (unpaired) electrons. The summed E-state index contributed by atoms with van der Waals surface area (Å²) in [4.78, 5) is 0. The molecule has 1 nitrogen and oxygen atoms in total. The van der Waals surface area contributed by atoms with E-state index >= 15 is 0 Å². The zero-order valence-corrected chi connectivity index (χ0v) is 10.1. The first-order valence-corrected chi connectivity index (χ1v) is 5.72. The Balaban J connectivity index is 2.46. The van der Waals surface area contributed by atoms with E-state index in [1.54, 1.807) is 0 Å². The third kappa shape index (κ3) is 6.00. The Morgan fingerprint density at radius 2 is 1.61 bits per heavy atom. The van der Waals surface area contributed by atoms with Crippen molar-refractivity contribution in [3.63, 3.8) is 0 Å². The van der Waals surface area contributed by atoms with Crippen molar-refractivity contribution in [1.82, 2.24) is 0 Å². The standard InChI is InChI=1S/C13H16F4O/c1-12(18,7-2-8-13(15,16)17)9-10-3-5-11(14)6-4-10/h3-6,18H,2,7-9H2,1H3. The van der Waals surface area contributed by atoms with Gasteiger partial charge in [-0.25, -0.2) is 4.39 Å². The van der Waals surface area contributed by atoms with Crippen molar-refractivity contribution in [3.8, 4) is 0 Å². The maximum absolute atomic E-state index is 12.7. The Labute approximate surface area is 103 Å². The molecule has 1 aromatic carbocycles. The normalized spacial score (nSPS) is 15.4. The van der Waals surface area contributed by atoms with Crippen molar-refractivity contribution in [1.29, 1.82) is 0 Å². The van der Waals surface area contributed by atoms with Crippen LogP contribution in [0.2, 0.25) is 0 Å². The maximum Gasteiger partial charge on any atom is 0.389 e. The Morgan fingerprint density at radius 3 is 2.11 bits per heavy atom. The third-order valence-electron chi connectivity index (χ3n) is 2.67. The van der Waals surface area contributed by atoms with Crippen LogP contribution in [0.4, 0.5) is 17.6 Å². The van der Waals surface area contributed by atoms with E-state index in [1.165, 1.54) is 31.2 Å². The van der Waals surface area contributed by atoms with Crippen LogP contribution in [0.5, 0.6) is 0 Å². The van der Waals surface area contributed by atoms with Gasteiger partial charge < -0.3 is 5.11 Å². The van der Waals surface area contributed by atoms with Crippen molar-refractivity contribution in [2.75, 3.05) is 0 Å². The summed E-state index contributed by atoms with van der Waals surface area (Å²) in [5, 5.41) is 9.97. The fourth-order valence-corrected chi connectivity index (χ4v) is 1.80. The lowest BCUT2D eigenvalue weighted by molar-refractivity contribution is -0.137. The van der Waals surface area contributed by atoms with E-state index in [9.17, 15) is 22.7 Å². The molecule has 0 spiro atoms. The fraction of sp³-hybridized carbons (Fsp3) is 0.538. The van der Waals surface area contributed by atoms with Crippen LogP contribution in [0, 0.1) is 5.82 Å². The highest BCUT2D eigenvalue weighted by Crippen LogP contribution is 2.26. The van der Waals surface area contributed by atoms with Gasteiger partial charge >= 0.3 is 6.18 Å². The van der Waals surface area contributed by atoms with Gasteiger partial charge in [0, 0.05) is 12.8 Å². The van der Waals surface area contributed by atoms with E-state index in [2.05, 4.69) is 0 Å². The number of benzene rings is 1. The van der Waals surface area contributed by atoms with Gasteiger partial charge in [-0.2, -0.15) is 13.2 Å². The Hall–Kier alpha value is -1.10. The number of hydrogen-bond donors (Lipinski definition) is 1. The van der Waals surface area contributed by atoms with Crippen LogP contribution in [0.1, 0.15) is 31.7 Å². The molecule has 0 amide bonds. The number of alkyl halides is 3. The van der Waals surface area contributed by atoms with Gasteiger partial charge in [0.15, 0.2) is 0 Å². The van der Waals surface area contributed by atoms with E-state index in [4.69, 9.17) is 0 Å². The van der Waals surface area contributed by atoms with Crippen LogP contribution < -0.4 is 0 Å². The Morgan fingerprint density at radius 1 is 1.06 bits per heavy atom. The summed E-state index contributed by atoms with van der Waals surface area (Å²) < 4.78 is 48.6. The molecule has 0 saturated heterocycles. The molecule has 0 heterocycles. The molecule has 1 rings (SSSR count). The molecule has 18 heavy (non-hydrogen) atoms. The highest BCUT2D eigenvalue weighted by atomic mass is 19.4. The minimum absolute atomic E-state index is 0.0594. The van der Waals surface area contributed by atoms with Crippen molar-refractivity contribution in [2.45, 2.75) is 44.4 Å². The van der Waals surface area contributed by atoms with Crippen molar-refractivity contribution >= 4 is 0 Å². The summed E-state index contributed by atoms with van der Waals surface area (Å²) >= 11 is 0. The average Bonchev–Trinajstić information content (AvgIpc) is 2.18. The molecule has 0 aliphatic carbocycles. The second-order valence-electron chi connectivity index (χ2n) is 4.77. The average molecular weight is 264 g/mol. The molecule has 0 bridgehead atoms. The second kappa shape index (κ2) is 5.69. The van der Waals surface area contributed by atoms with Gasteiger partial charge in [-0.05, 0) is 37.5 Å². The van der Waals surface area contributed by atoms with E-state index in [1.807, 2.05) is 0 Å². The SMILES string of the molecule is CC(O)(CCCC(F)(F)F)Cc1ccc(F)cc1.